The molecule has 0 saturated carbocycles. The summed E-state index contributed by atoms with van der Waals surface area (Å²) in [6.07, 6.45) is 1.22. The molecule has 1 saturated heterocycles. The number of nitrogens with zero attached hydrogens (tertiary/aromatic N) is 2. The van der Waals surface area contributed by atoms with Gasteiger partial charge in [0.2, 0.25) is 11.8 Å². The van der Waals surface area contributed by atoms with Crippen molar-refractivity contribution in [2.24, 2.45) is 11.8 Å². The Bertz CT molecular complexity index is 618. The summed E-state index contributed by atoms with van der Waals surface area (Å²) >= 11 is 0. The third kappa shape index (κ3) is 6.54. The predicted octanol–water partition coefficient (Wildman–Crippen LogP) is 2.14. The van der Waals surface area contributed by atoms with Gasteiger partial charge in [-0.25, -0.2) is 0 Å². The number of rotatable bonds is 9. The molecule has 1 aliphatic rings. The van der Waals surface area contributed by atoms with Crippen molar-refractivity contribution in [2.75, 3.05) is 34.3 Å². The monoisotopic (exact) mass is 375 g/mol. The van der Waals surface area contributed by atoms with Gasteiger partial charge in [-0.2, -0.15) is 0 Å². The minimum atomic E-state index is -0.271. The summed E-state index contributed by atoms with van der Waals surface area (Å²) < 4.78 is 5.16. The predicted molar refractivity (Wildman–Crippen MR) is 106 cm³/mol. The first-order chi connectivity index (χ1) is 12.8. The van der Waals surface area contributed by atoms with Gasteiger partial charge >= 0.3 is 0 Å². The SMILES string of the molecule is COc1ccc(CN2CC(C(=O)NC(CC(C)C)CN(C)C)CC2=O)cc1. The van der Waals surface area contributed by atoms with Crippen molar-refractivity contribution in [1.29, 1.82) is 0 Å². The van der Waals surface area contributed by atoms with E-state index in [0.717, 1.165) is 24.3 Å². The summed E-state index contributed by atoms with van der Waals surface area (Å²) in [7, 11) is 5.65. The number of carbonyl (C=O) groups excluding carboxylic acids is 2. The molecular weight excluding hydrogens is 342 g/mol. The lowest BCUT2D eigenvalue weighted by Crippen LogP contribution is -2.45. The van der Waals surface area contributed by atoms with Gasteiger partial charge < -0.3 is 19.9 Å². The molecule has 0 aromatic heterocycles. The summed E-state index contributed by atoms with van der Waals surface area (Å²) in [6, 6.07) is 7.79. The number of hydrogen-bond donors (Lipinski definition) is 1. The molecule has 27 heavy (non-hydrogen) atoms. The molecule has 0 radical (unpaired) electrons. The molecule has 1 heterocycles. The van der Waals surface area contributed by atoms with Crippen LogP contribution in [0.2, 0.25) is 0 Å². The summed E-state index contributed by atoms with van der Waals surface area (Å²) in [4.78, 5) is 29.0. The first-order valence-electron chi connectivity index (χ1n) is 9.64. The van der Waals surface area contributed by atoms with Gasteiger partial charge in [-0.3, -0.25) is 9.59 Å². The fourth-order valence-corrected chi connectivity index (χ4v) is 3.56. The van der Waals surface area contributed by atoms with Crippen LogP contribution in [-0.2, 0) is 16.1 Å². The number of likely N-dealkylation sites (tertiary alicyclic amines) is 1. The van der Waals surface area contributed by atoms with E-state index in [1.54, 1.807) is 12.0 Å². The van der Waals surface area contributed by atoms with E-state index in [-0.39, 0.29) is 23.8 Å². The first kappa shape index (κ1) is 21.2. The lowest BCUT2D eigenvalue weighted by atomic mass is 10.0. The Morgan fingerprint density at radius 2 is 1.96 bits per heavy atom. The molecule has 150 valence electrons. The molecule has 1 aromatic rings. The maximum absolute atomic E-state index is 12.7. The van der Waals surface area contributed by atoms with E-state index in [1.165, 1.54) is 0 Å². The molecule has 2 unspecified atom stereocenters. The molecule has 1 aliphatic heterocycles. The highest BCUT2D eigenvalue weighted by Gasteiger charge is 2.35. The third-order valence-electron chi connectivity index (χ3n) is 4.81. The van der Waals surface area contributed by atoms with Crippen LogP contribution in [0.1, 0.15) is 32.3 Å². The van der Waals surface area contributed by atoms with Crippen LogP contribution in [0.25, 0.3) is 0 Å². The van der Waals surface area contributed by atoms with Crippen molar-refractivity contribution < 1.29 is 14.3 Å². The van der Waals surface area contributed by atoms with Crippen LogP contribution in [0, 0.1) is 11.8 Å². The topological polar surface area (TPSA) is 61.9 Å². The van der Waals surface area contributed by atoms with E-state index in [1.807, 2.05) is 38.4 Å². The van der Waals surface area contributed by atoms with Gasteiger partial charge in [-0.1, -0.05) is 26.0 Å². The lowest BCUT2D eigenvalue weighted by molar-refractivity contribution is -0.129. The van der Waals surface area contributed by atoms with Crippen LogP contribution in [0.3, 0.4) is 0 Å². The largest absolute Gasteiger partial charge is 0.497 e. The Morgan fingerprint density at radius 3 is 2.52 bits per heavy atom. The minimum Gasteiger partial charge on any atom is -0.497 e. The molecule has 2 amide bonds. The maximum atomic E-state index is 12.7. The molecule has 2 atom stereocenters. The fourth-order valence-electron chi connectivity index (χ4n) is 3.56. The Balaban J connectivity index is 1.93. The zero-order chi connectivity index (χ0) is 20.0. The molecule has 6 nitrogen and oxygen atoms in total. The van der Waals surface area contributed by atoms with Crippen LogP contribution in [0.4, 0.5) is 0 Å². The van der Waals surface area contributed by atoms with E-state index in [9.17, 15) is 9.59 Å². The van der Waals surface area contributed by atoms with Crippen LogP contribution in [0.5, 0.6) is 5.75 Å². The van der Waals surface area contributed by atoms with Gasteiger partial charge in [0, 0.05) is 32.1 Å². The third-order valence-corrected chi connectivity index (χ3v) is 4.81. The number of amides is 2. The second-order valence-corrected chi connectivity index (χ2v) is 8.12. The summed E-state index contributed by atoms with van der Waals surface area (Å²) in [5.41, 5.74) is 1.04. The standard InChI is InChI=1S/C21H33N3O3/c1-15(2)10-18(14-23(3)4)22-21(26)17-11-20(25)24(13-17)12-16-6-8-19(27-5)9-7-16/h6-9,15,17-18H,10-14H2,1-5H3,(H,22,26). The number of likely N-dealkylation sites (N-methyl/N-ethyl adjacent to an activating group) is 1. The highest BCUT2D eigenvalue weighted by Crippen LogP contribution is 2.22. The lowest BCUT2D eigenvalue weighted by Gasteiger charge is -2.25. The molecule has 0 bridgehead atoms. The maximum Gasteiger partial charge on any atom is 0.225 e. The second kappa shape index (κ2) is 9.74. The molecule has 1 fully saturated rings. The van der Waals surface area contributed by atoms with Crippen molar-refractivity contribution in [3.63, 3.8) is 0 Å². The van der Waals surface area contributed by atoms with E-state index >= 15 is 0 Å². The zero-order valence-electron chi connectivity index (χ0n) is 17.2. The zero-order valence-corrected chi connectivity index (χ0v) is 17.2. The highest BCUT2D eigenvalue weighted by atomic mass is 16.5. The van der Waals surface area contributed by atoms with Crippen molar-refractivity contribution in [3.8, 4) is 5.75 Å². The van der Waals surface area contributed by atoms with E-state index in [2.05, 4.69) is 24.1 Å². The summed E-state index contributed by atoms with van der Waals surface area (Å²) in [5.74, 6) is 1.06. The average molecular weight is 376 g/mol. The van der Waals surface area contributed by atoms with Gasteiger partial charge in [0.15, 0.2) is 0 Å². The Morgan fingerprint density at radius 1 is 1.30 bits per heavy atom. The molecule has 6 heteroatoms. The first-order valence-corrected chi connectivity index (χ1v) is 9.64. The van der Waals surface area contributed by atoms with Crippen molar-refractivity contribution in [3.05, 3.63) is 29.8 Å². The minimum absolute atomic E-state index is 0.00641. The quantitative estimate of drug-likeness (QED) is 0.718. The molecule has 0 aliphatic carbocycles. The second-order valence-electron chi connectivity index (χ2n) is 8.12. The number of ether oxygens (including phenoxy) is 1. The van der Waals surface area contributed by atoms with E-state index < -0.39 is 0 Å². The summed E-state index contributed by atoms with van der Waals surface area (Å²) in [5, 5.41) is 3.17. The number of nitrogens with one attached hydrogen (secondary N) is 1. The Hall–Kier alpha value is -2.08. The smallest absolute Gasteiger partial charge is 0.225 e. The molecule has 1 aromatic carbocycles. The Labute approximate surface area is 162 Å². The van der Waals surface area contributed by atoms with Gasteiger partial charge in [-0.05, 0) is 44.1 Å². The van der Waals surface area contributed by atoms with Crippen LogP contribution in [-0.4, -0.2) is 62.0 Å². The van der Waals surface area contributed by atoms with Gasteiger partial charge in [0.05, 0.1) is 13.0 Å². The molecule has 2 rings (SSSR count). The van der Waals surface area contributed by atoms with Crippen molar-refractivity contribution >= 4 is 11.8 Å². The van der Waals surface area contributed by atoms with Crippen molar-refractivity contribution in [1.82, 2.24) is 15.1 Å². The normalized spacial score (nSPS) is 18.3. The van der Waals surface area contributed by atoms with Gasteiger partial charge in [0.1, 0.15) is 5.75 Å². The number of methoxy groups -OCH3 is 1. The Kier molecular flexibility index (Phi) is 7.66. The molecule has 1 N–H and O–H groups in total. The van der Waals surface area contributed by atoms with E-state index in [0.29, 0.717) is 25.4 Å². The highest BCUT2D eigenvalue weighted by molar-refractivity contribution is 5.89. The number of hydrogen-bond acceptors (Lipinski definition) is 4. The number of benzene rings is 1. The van der Waals surface area contributed by atoms with Crippen molar-refractivity contribution in [2.45, 2.75) is 39.3 Å². The molecule has 0 spiro atoms. The van der Waals surface area contributed by atoms with Crippen LogP contribution < -0.4 is 10.1 Å². The van der Waals surface area contributed by atoms with Crippen LogP contribution in [0.15, 0.2) is 24.3 Å². The van der Waals surface area contributed by atoms with Gasteiger partial charge in [-0.15, -0.1) is 0 Å². The summed E-state index contributed by atoms with van der Waals surface area (Å²) in [6.45, 7) is 6.13. The van der Waals surface area contributed by atoms with Gasteiger partial charge in [0.25, 0.3) is 0 Å². The molecular formula is C21H33N3O3. The number of carbonyl (C=O) groups is 2. The van der Waals surface area contributed by atoms with Crippen LogP contribution >= 0.6 is 0 Å². The fraction of sp³-hybridized carbons (Fsp3) is 0.619. The van der Waals surface area contributed by atoms with E-state index in [4.69, 9.17) is 4.74 Å². The average Bonchev–Trinajstić information content (AvgIpc) is 2.95.